The molecule has 26 heavy (non-hydrogen) atoms. The molecule has 0 aliphatic carbocycles. The predicted octanol–water partition coefficient (Wildman–Crippen LogP) is 4.61. The van der Waals surface area contributed by atoms with Crippen molar-refractivity contribution in [2.45, 2.75) is 6.18 Å². The van der Waals surface area contributed by atoms with Crippen LogP contribution in [0.2, 0.25) is 5.15 Å². The van der Waals surface area contributed by atoms with E-state index in [1.54, 1.807) is 18.2 Å². The molecule has 0 unspecified atom stereocenters. The lowest BCUT2D eigenvalue weighted by Gasteiger charge is -2.14. The first-order valence-electron chi connectivity index (χ1n) is 7.49. The Morgan fingerprint density at radius 3 is 2.62 bits per heavy atom. The number of nitrogens with zero attached hydrogens (tertiary/aromatic N) is 3. The number of hydrogen-bond acceptors (Lipinski definition) is 3. The number of halogens is 4. The van der Waals surface area contributed by atoms with Crippen LogP contribution in [0.1, 0.15) is 5.56 Å². The van der Waals surface area contributed by atoms with Crippen LogP contribution >= 0.6 is 11.6 Å². The molecule has 4 nitrogen and oxygen atoms in total. The van der Waals surface area contributed by atoms with Crippen LogP contribution in [0.4, 0.5) is 13.2 Å². The van der Waals surface area contributed by atoms with Crippen molar-refractivity contribution in [1.29, 1.82) is 0 Å². The van der Waals surface area contributed by atoms with Crippen molar-refractivity contribution in [3.63, 3.8) is 0 Å². The lowest BCUT2D eigenvalue weighted by molar-refractivity contribution is -0.137. The number of aromatic nitrogens is 3. The van der Waals surface area contributed by atoms with Crippen molar-refractivity contribution in [1.82, 2.24) is 14.5 Å². The number of rotatable bonds is 1. The molecule has 0 spiro atoms. The molecule has 8 heteroatoms. The molecule has 0 radical (unpaired) electrons. The van der Waals surface area contributed by atoms with Gasteiger partial charge in [-0.3, -0.25) is 14.3 Å². The topological polar surface area (TPSA) is 47.8 Å². The molecule has 0 amide bonds. The zero-order valence-corrected chi connectivity index (χ0v) is 13.7. The van der Waals surface area contributed by atoms with E-state index < -0.39 is 17.3 Å². The van der Waals surface area contributed by atoms with Crippen molar-refractivity contribution >= 4 is 33.5 Å². The molecule has 1 aromatic carbocycles. The van der Waals surface area contributed by atoms with E-state index in [4.69, 9.17) is 11.6 Å². The van der Waals surface area contributed by atoms with Gasteiger partial charge in [0.25, 0.3) is 5.56 Å². The number of pyridine rings is 3. The number of benzene rings is 1. The minimum absolute atomic E-state index is 0.0877. The monoisotopic (exact) mass is 375 g/mol. The summed E-state index contributed by atoms with van der Waals surface area (Å²) >= 11 is 5.97. The molecule has 0 N–H and O–H groups in total. The Morgan fingerprint density at radius 1 is 1.04 bits per heavy atom. The van der Waals surface area contributed by atoms with Crippen molar-refractivity contribution in [3.05, 3.63) is 75.8 Å². The van der Waals surface area contributed by atoms with E-state index in [9.17, 15) is 18.0 Å². The van der Waals surface area contributed by atoms with E-state index >= 15 is 0 Å². The van der Waals surface area contributed by atoms with Crippen LogP contribution in [0.5, 0.6) is 0 Å². The van der Waals surface area contributed by atoms with Crippen molar-refractivity contribution in [2.24, 2.45) is 0 Å². The van der Waals surface area contributed by atoms with Crippen LogP contribution in [0.25, 0.3) is 27.6 Å². The van der Waals surface area contributed by atoms with Crippen LogP contribution in [-0.4, -0.2) is 14.5 Å². The second-order valence-corrected chi connectivity index (χ2v) is 6.01. The van der Waals surface area contributed by atoms with Gasteiger partial charge in [-0.25, -0.2) is 4.98 Å². The third-order valence-corrected chi connectivity index (χ3v) is 4.17. The Balaban J connectivity index is 2.15. The Hall–Kier alpha value is -2.93. The van der Waals surface area contributed by atoms with Crippen molar-refractivity contribution in [2.75, 3.05) is 0 Å². The van der Waals surface area contributed by atoms with Gasteiger partial charge < -0.3 is 0 Å². The molecule has 0 atom stereocenters. The van der Waals surface area contributed by atoms with Gasteiger partial charge in [-0.2, -0.15) is 13.2 Å². The highest BCUT2D eigenvalue weighted by atomic mass is 35.5. The van der Waals surface area contributed by atoms with Gasteiger partial charge in [-0.05, 0) is 36.4 Å². The summed E-state index contributed by atoms with van der Waals surface area (Å²) in [6, 6.07) is 10.6. The summed E-state index contributed by atoms with van der Waals surface area (Å²) in [5.74, 6) is 0. The molecule has 0 bridgehead atoms. The molecule has 0 aliphatic heterocycles. The standard InChI is InChI=1S/C18H9ClF3N3O/c19-14-6-5-13-16(24-14)17-10(9-23-13)4-7-15(26)25(17)12-3-1-2-11(8-12)18(20,21)22/h1-9H. The second-order valence-electron chi connectivity index (χ2n) is 5.62. The molecular formula is C18H9ClF3N3O. The Bertz CT molecular complexity index is 1220. The van der Waals surface area contributed by atoms with Crippen LogP contribution in [-0.2, 0) is 6.18 Å². The highest BCUT2D eigenvalue weighted by Gasteiger charge is 2.30. The van der Waals surface area contributed by atoms with Gasteiger partial charge in [0.15, 0.2) is 0 Å². The van der Waals surface area contributed by atoms with E-state index in [0.29, 0.717) is 21.9 Å². The number of fused-ring (bicyclic) bond motifs is 3. The van der Waals surface area contributed by atoms with E-state index in [-0.39, 0.29) is 10.8 Å². The first-order chi connectivity index (χ1) is 12.3. The van der Waals surface area contributed by atoms with Gasteiger partial charge >= 0.3 is 6.18 Å². The van der Waals surface area contributed by atoms with Crippen LogP contribution < -0.4 is 5.56 Å². The molecule has 0 fully saturated rings. The van der Waals surface area contributed by atoms with E-state index in [1.807, 2.05) is 0 Å². The lowest BCUT2D eigenvalue weighted by Crippen LogP contribution is -2.18. The quantitative estimate of drug-likeness (QED) is 0.360. The average molecular weight is 376 g/mol. The first-order valence-corrected chi connectivity index (χ1v) is 7.87. The molecular weight excluding hydrogens is 367 g/mol. The summed E-state index contributed by atoms with van der Waals surface area (Å²) < 4.78 is 40.4. The summed E-state index contributed by atoms with van der Waals surface area (Å²) in [6.45, 7) is 0. The average Bonchev–Trinajstić information content (AvgIpc) is 2.61. The Labute approximate surface area is 149 Å². The van der Waals surface area contributed by atoms with Gasteiger partial charge in [-0.15, -0.1) is 0 Å². The van der Waals surface area contributed by atoms with Crippen molar-refractivity contribution < 1.29 is 13.2 Å². The van der Waals surface area contributed by atoms with Gasteiger partial charge in [0.1, 0.15) is 10.7 Å². The third-order valence-electron chi connectivity index (χ3n) is 3.96. The molecule has 0 saturated carbocycles. The zero-order valence-electron chi connectivity index (χ0n) is 13.0. The highest BCUT2D eigenvalue weighted by Crippen LogP contribution is 2.31. The summed E-state index contributed by atoms with van der Waals surface area (Å²) in [6.07, 6.45) is -2.98. The van der Waals surface area contributed by atoms with Gasteiger partial charge in [0, 0.05) is 23.3 Å². The summed E-state index contributed by atoms with van der Waals surface area (Å²) in [5, 5.41) is 0.753. The zero-order chi connectivity index (χ0) is 18.5. The third kappa shape index (κ3) is 2.70. The minimum atomic E-state index is -4.52. The number of alkyl halides is 3. The Morgan fingerprint density at radius 2 is 1.85 bits per heavy atom. The molecule has 4 aromatic rings. The Kier molecular flexibility index (Phi) is 3.69. The maximum atomic E-state index is 13.1. The molecule has 3 aromatic heterocycles. The molecule has 0 saturated heterocycles. The largest absolute Gasteiger partial charge is 0.416 e. The molecule has 130 valence electrons. The lowest BCUT2D eigenvalue weighted by atomic mass is 10.1. The number of hydrogen-bond donors (Lipinski definition) is 0. The SMILES string of the molecule is O=c1ccc2cnc3ccc(Cl)nc3c2n1-c1cccc(C(F)(F)F)c1. The normalized spacial score (nSPS) is 12.0. The summed E-state index contributed by atoms with van der Waals surface area (Å²) in [7, 11) is 0. The predicted molar refractivity (Wildman–Crippen MR) is 92.7 cm³/mol. The highest BCUT2D eigenvalue weighted by molar-refractivity contribution is 6.30. The fraction of sp³-hybridized carbons (Fsp3) is 0.0556. The summed E-state index contributed by atoms with van der Waals surface area (Å²) in [4.78, 5) is 21.0. The van der Waals surface area contributed by atoms with Gasteiger partial charge in [0.05, 0.1) is 16.6 Å². The minimum Gasteiger partial charge on any atom is -0.275 e. The fourth-order valence-electron chi connectivity index (χ4n) is 2.82. The summed E-state index contributed by atoms with van der Waals surface area (Å²) in [5.41, 5.74) is -0.0679. The smallest absolute Gasteiger partial charge is 0.275 e. The van der Waals surface area contributed by atoms with Crippen LogP contribution in [0.15, 0.2) is 59.5 Å². The maximum Gasteiger partial charge on any atom is 0.416 e. The van der Waals surface area contributed by atoms with Crippen LogP contribution in [0.3, 0.4) is 0 Å². The van der Waals surface area contributed by atoms with Crippen LogP contribution in [0, 0.1) is 0 Å². The first kappa shape index (κ1) is 16.5. The maximum absolute atomic E-state index is 13.1. The second kappa shape index (κ2) is 5.81. The van der Waals surface area contributed by atoms with E-state index in [2.05, 4.69) is 9.97 Å². The van der Waals surface area contributed by atoms with Gasteiger partial charge in [0.2, 0.25) is 0 Å². The molecule has 0 aliphatic rings. The molecule has 3 heterocycles. The van der Waals surface area contributed by atoms with Gasteiger partial charge in [-0.1, -0.05) is 17.7 Å². The fourth-order valence-corrected chi connectivity index (χ4v) is 2.97. The molecule has 4 rings (SSSR count). The van der Waals surface area contributed by atoms with E-state index in [0.717, 1.165) is 12.1 Å². The van der Waals surface area contributed by atoms with Crippen molar-refractivity contribution in [3.8, 4) is 5.69 Å². The van der Waals surface area contributed by atoms with E-state index in [1.165, 1.54) is 29.0 Å².